The van der Waals surface area contributed by atoms with Crippen LogP contribution in [-0.2, 0) is 19.4 Å². The molecule has 0 saturated carbocycles. The van der Waals surface area contributed by atoms with Crippen LogP contribution in [0, 0.1) is 0 Å². The van der Waals surface area contributed by atoms with Crippen molar-refractivity contribution in [1.29, 1.82) is 0 Å². The predicted molar refractivity (Wildman–Crippen MR) is 86.9 cm³/mol. The van der Waals surface area contributed by atoms with Gasteiger partial charge in [0.15, 0.2) is 0 Å². The molecule has 1 fully saturated rings. The lowest BCUT2D eigenvalue weighted by Crippen LogP contribution is -2.57. The normalized spacial score (nSPS) is 32.2. The van der Waals surface area contributed by atoms with Crippen LogP contribution in [-0.4, -0.2) is 86.1 Å². The lowest BCUT2D eigenvalue weighted by atomic mass is 10.0. The van der Waals surface area contributed by atoms with E-state index < -0.39 is 53.0 Å². The van der Waals surface area contributed by atoms with Crippen molar-refractivity contribution in [3.8, 4) is 0 Å². The first-order valence-electron chi connectivity index (χ1n) is 7.08. The van der Waals surface area contributed by atoms with E-state index in [1.54, 1.807) is 0 Å². The molecule has 1 aliphatic rings. The molecule has 0 bridgehead atoms. The lowest BCUT2D eigenvalue weighted by Gasteiger charge is -2.39. The van der Waals surface area contributed by atoms with Gasteiger partial charge in [0.1, 0.15) is 34.9 Å². The molecule has 13 heteroatoms. The molecule has 0 aromatic carbocycles. The minimum Gasteiger partial charge on any atom is -0.394 e. The summed E-state index contributed by atoms with van der Waals surface area (Å²) in [7, 11) is -4.89. The number of hydrogen-bond donors (Lipinski definition) is 6. The quantitative estimate of drug-likeness (QED) is 0.0863. The summed E-state index contributed by atoms with van der Waals surface area (Å²) in [5, 5.41) is 51.3. The van der Waals surface area contributed by atoms with Crippen molar-refractivity contribution in [3.63, 3.8) is 0 Å². The molecule has 0 aliphatic carbocycles. The molecule has 0 amide bonds. The third-order valence-electron chi connectivity index (χ3n) is 3.18. The van der Waals surface area contributed by atoms with Crippen LogP contribution in [0.5, 0.6) is 0 Å². The Kier molecular flexibility index (Phi) is 8.73. The van der Waals surface area contributed by atoms with Gasteiger partial charge in [-0.3, -0.25) is 4.55 Å². The van der Waals surface area contributed by atoms with Crippen LogP contribution in [0.4, 0.5) is 0 Å². The average Bonchev–Trinajstić information content (AvgIpc) is 2.52. The molecule has 0 spiro atoms. The van der Waals surface area contributed by atoms with E-state index in [2.05, 4.69) is 16.0 Å². The van der Waals surface area contributed by atoms with Crippen molar-refractivity contribution < 1.29 is 47.5 Å². The molecule has 1 rings (SSSR count). The highest BCUT2D eigenvalue weighted by molar-refractivity contribution is 8.14. The molecule has 0 unspecified atom stereocenters. The molecule has 146 valence electrons. The molecule has 25 heavy (non-hydrogen) atoms. The van der Waals surface area contributed by atoms with Crippen LogP contribution in [0.3, 0.4) is 0 Å². The van der Waals surface area contributed by atoms with Crippen LogP contribution < -0.4 is 0 Å². The first-order valence-corrected chi connectivity index (χ1v) is 9.32. The van der Waals surface area contributed by atoms with Gasteiger partial charge in [0.05, 0.1) is 12.7 Å². The fourth-order valence-electron chi connectivity index (χ4n) is 1.97. The maximum absolute atomic E-state index is 10.6. The van der Waals surface area contributed by atoms with Crippen LogP contribution >= 0.6 is 11.8 Å². The summed E-state index contributed by atoms with van der Waals surface area (Å²) < 4.78 is 39.0. The van der Waals surface area contributed by atoms with Crippen molar-refractivity contribution in [3.05, 3.63) is 12.7 Å². The zero-order valence-electron chi connectivity index (χ0n) is 12.9. The highest BCUT2D eigenvalue weighted by atomic mass is 32.3. The van der Waals surface area contributed by atoms with Crippen molar-refractivity contribution >= 4 is 27.2 Å². The smallest absolute Gasteiger partial charge is 0.394 e. The van der Waals surface area contributed by atoms with Gasteiger partial charge >= 0.3 is 10.4 Å². The summed E-state index contributed by atoms with van der Waals surface area (Å²) in [5.41, 5.74) is -1.25. The Morgan fingerprint density at radius 2 is 1.96 bits per heavy atom. The van der Waals surface area contributed by atoms with Crippen molar-refractivity contribution in [2.75, 3.05) is 6.61 Å². The van der Waals surface area contributed by atoms with E-state index in [0.29, 0.717) is 11.8 Å². The molecule has 6 atom stereocenters. The zero-order chi connectivity index (χ0) is 19.2. The molecular weight excluding hydrogens is 382 g/mol. The molecule has 11 nitrogen and oxygen atoms in total. The van der Waals surface area contributed by atoms with Crippen molar-refractivity contribution in [2.24, 2.45) is 5.16 Å². The first kappa shape index (κ1) is 22.3. The van der Waals surface area contributed by atoms with E-state index in [0.717, 1.165) is 0 Å². The number of hydrogen-bond acceptors (Lipinski definition) is 11. The third-order valence-corrected chi connectivity index (χ3v) is 4.58. The second kappa shape index (κ2) is 9.80. The van der Waals surface area contributed by atoms with Gasteiger partial charge in [-0.25, -0.2) is 4.28 Å². The van der Waals surface area contributed by atoms with Gasteiger partial charge in [0.2, 0.25) is 0 Å². The second-order valence-corrected chi connectivity index (χ2v) is 7.36. The summed E-state index contributed by atoms with van der Waals surface area (Å²) in [6, 6.07) is 0. The average molecular weight is 403 g/mol. The Labute approximate surface area is 148 Å². The summed E-state index contributed by atoms with van der Waals surface area (Å²) >= 11 is 0.594. The third kappa shape index (κ3) is 7.16. The molecule has 1 heterocycles. The maximum Gasteiger partial charge on any atom is 0.466 e. The van der Waals surface area contributed by atoms with Crippen LogP contribution in [0.25, 0.3) is 0 Å². The van der Waals surface area contributed by atoms with E-state index in [4.69, 9.17) is 14.4 Å². The molecule has 0 radical (unpaired) electrons. The van der Waals surface area contributed by atoms with E-state index in [1.807, 2.05) is 0 Å². The minimum atomic E-state index is -4.89. The Morgan fingerprint density at radius 1 is 1.32 bits per heavy atom. The van der Waals surface area contributed by atoms with Gasteiger partial charge in [-0.05, 0) is 6.42 Å². The molecule has 0 aromatic heterocycles. The lowest BCUT2D eigenvalue weighted by molar-refractivity contribution is -0.205. The maximum atomic E-state index is 10.6. The number of thioether (sulfide) groups is 1. The Bertz CT molecular complexity index is 566. The summed E-state index contributed by atoms with van der Waals surface area (Å²) in [6.45, 7) is 2.79. The van der Waals surface area contributed by atoms with Gasteiger partial charge in [-0.15, -0.1) is 6.58 Å². The van der Waals surface area contributed by atoms with E-state index in [-0.39, 0.29) is 17.9 Å². The van der Waals surface area contributed by atoms with Crippen molar-refractivity contribution in [2.45, 2.75) is 48.8 Å². The van der Waals surface area contributed by atoms with E-state index >= 15 is 0 Å². The molecule has 0 aromatic rings. The van der Waals surface area contributed by atoms with Gasteiger partial charge in [-0.2, -0.15) is 8.42 Å². The first-order chi connectivity index (χ1) is 11.6. The molecule has 1 aliphatic heterocycles. The van der Waals surface area contributed by atoms with Gasteiger partial charge in [-0.1, -0.05) is 23.0 Å². The standard InChI is InChI=1S/C12H21NO10S2/c1-2-3-6(15)4-8(13-23-25(19,20)21)24-12-11(18)10(17)9(16)7(5-14)22-12/h2,6-7,9-12,14-18H,1,3-5H2,(H,19,20,21)/b13-8-/t6-,7+,9-,10-,11+,12+/m0/s1. The Morgan fingerprint density at radius 3 is 2.48 bits per heavy atom. The van der Waals surface area contributed by atoms with E-state index in [9.17, 15) is 28.8 Å². The number of aliphatic hydroxyl groups excluding tert-OH is 5. The highest BCUT2D eigenvalue weighted by Crippen LogP contribution is 2.30. The monoisotopic (exact) mass is 403 g/mol. The second-order valence-electron chi connectivity index (χ2n) is 5.18. The zero-order valence-corrected chi connectivity index (χ0v) is 14.6. The molecule has 1 saturated heterocycles. The number of oxime groups is 1. The number of ether oxygens (including phenoxy) is 1. The van der Waals surface area contributed by atoms with Crippen LogP contribution in [0.15, 0.2) is 17.8 Å². The summed E-state index contributed by atoms with van der Waals surface area (Å²) in [4.78, 5) is 0. The highest BCUT2D eigenvalue weighted by Gasteiger charge is 2.44. The fourth-order valence-corrected chi connectivity index (χ4v) is 3.34. The van der Waals surface area contributed by atoms with Gasteiger partial charge in [0.25, 0.3) is 0 Å². The topological polar surface area (TPSA) is 186 Å². The van der Waals surface area contributed by atoms with Crippen LogP contribution in [0.2, 0.25) is 0 Å². The predicted octanol–water partition coefficient (Wildman–Crippen LogP) is -2.02. The number of aliphatic hydroxyl groups is 5. The minimum absolute atomic E-state index is 0.139. The number of nitrogens with zero attached hydrogens (tertiary/aromatic N) is 1. The largest absolute Gasteiger partial charge is 0.466 e. The summed E-state index contributed by atoms with van der Waals surface area (Å²) in [5.74, 6) is 0. The SMILES string of the molecule is C=CC[C@H](O)C/C(=N/OS(=O)(=O)O)S[C@H]1O[C@H](CO)[C@H](O)[C@H](O)[C@H]1O. The van der Waals surface area contributed by atoms with Crippen LogP contribution in [0.1, 0.15) is 12.8 Å². The number of rotatable bonds is 8. The fraction of sp³-hybridized carbons (Fsp3) is 0.750. The molecule has 6 N–H and O–H groups in total. The Balaban J connectivity index is 2.92. The van der Waals surface area contributed by atoms with Gasteiger partial charge < -0.3 is 30.3 Å². The van der Waals surface area contributed by atoms with Gasteiger partial charge in [0, 0.05) is 6.42 Å². The van der Waals surface area contributed by atoms with E-state index in [1.165, 1.54) is 6.08 Å². The molecular formula is C12H21NO10S2. The summed E-state index contributed by atoms with van der Waals surface area (Å²) in [6.07, 6.45) is -5.67. The Hall–Kier alpha value is -0.770. The van der Waals surface area contributed by atoms with Crippen molar-refractivity contribution in [1.82, 2.24) is 0 Å².